The van der Waals surface area contributed by atoms with E-state index in [4.69, 9.17) is 5.73 Å². The number of para-hydroxylation sites is 1. The molecule has 0 spiro atoms. The lowest BCUT2D eigenvalue weighted by atomic mass is 10.2. The van der Waals surface area contributed by atoms with Gasteiger partial charge in [0.15, 0.2) is 5.82 Å². The number of pyridine rings is 1. The number of aliphatic hydroxyl groups excluding tert-OH is 1. The van der Waals surface area contributed by atoms with Gasteiger partial charge in [0.2, 0.25) is 0 Å². The molecule has 0 aliphatic rings. The maximum Gasteiger partial charge on any atom is 0.152 e. The van der Waals surface area contributed by atoms with Gasteiger partial charge in [-0.1, -0.05) is 31.5 Å². The van der Waals surface area contributed by atoms with Crippen molar-refractivity contribution in [3.8, 4) is 0 Å². The molecule has 110 valence electrons. The number of hydrogen-bond acceptors (Lipinski definition) is 4. The molecule has 2 aromatic heterocycles. The van der Waals surface area contributed by atoms with Crippen molar-refractivity contribution < 1.29 is 5.11 Å². The fourth-order valence-electron chi connectivity index (χ4n) is 2.78. The van der Waals surface area contributed by atoms with Gasteiger partial charge in [-0.15, -0.1) is 0 Å². The van der Waals surface area contributed by atoms with Crippen LogP contribution in [0.25, 0.3) is 21.9 Å². The van der Waals surface area contributed by atoms with E-state index in [9.17, 15) is 5.11 Å². The Balaban J connectivity index is 2.38. The smallest absolute Gasteiger partial charge is 0.152 e. The second-order valence-corrected chi connectivity index (χ2v) is 5.34. The normalized spacial score (nSPS) is 13.1. The third-order valence-electron chi connectivity index (χ3n) is 3.75. The van der Waals surface area contributed by atoms with E-state index in [1.165, 1.54) is 0 Å². The van der Waals surface area contributed by atoms with Crippen molar-refractivity contribution in [2.24, 2.45) is 0 Å². The van der Waals surface area contributed by atoms with Gasteiger partial charge in [0.25, 0.3) is 0 Å². The number of nitrogen functional groups attached to an aromatic ring is 1. The van der Waals surface area contributed by atoms with Gasteiger partial charge in [0, 0.05) is 11.8 Å². The van der Waals surface area contributed by atoms with Crippen LogP contribution < -0.4 is 5.73 Å². The minimum absolute atomic E-state index is 0.417. The molecular formula is C16H20N4O. The lowest BCUT2D eigenvalue weighted by Gasteiger charge is -2.13. The van der Waals surface area contributed by atoms with Crippen molar-refractivity contribution in [3.63, 3.8) is 0 Å². The Morgan fingerprint density at radius 3 is 2.76 bits per heavy atom. The van der Waals surface area contributed by atoms with E-state index in [1.54, 1.807) is 6.92 Å². The summed E-state index contributed by atoms with van der Waals surface area (Å²) in [6, 6.07) is 7.82. The van der Waals surface area contributed by atoms with E-state index in [0.717, 1.165) is 41.5 Å². The number of anilines is 1. The van der Waals surface area contributed by atoms with Crippen molar-refractivity contribution >= 4 is 27.8 Å². The number of nitrogens with two attached hydrogens (primary N) is 1. The molecule has 21 heavy (non-hydrogen) atoms. The third-order valence-corrected chi connectivity index (χ3v) is 3.75. The summed E-state index contributed by atoms with van der Waals surface area (Å²) in [5.41, 5.74) is 8.45. The van der Waals surface area contributed by atoms with Gasteiger partial charge in [-0.25, -0.2) is 9.97 Å². The van der Waals surface area contributed by atoms with Crippen molar-refractivity contribution in [2.45, 2.75) is 39.3 Å². The second kappa shape index (κ2) is 5.33. The summed E-state index contributed by atoms with van der Waals surface area (Å²) in [6.45, 7) is 3.89. The first-order chi connectivity index (χ1) is 10.1. The Labute approximate surface area is 123 Å². The van der Waals surface area contributed by atoms with Crippen molar-refractivity contribution in [2.75, 3.05) is 5.73 Å². The fourth-order valence-corrected chi connectivity index (χ4v) is 2.78. The highest BCUT2D eigenvalue weighted by Crippen LogP contribution is 2.30. The molecule has 0 aliphatic heterocycles. The van der Waals surface area contributed by atoms with Crippen LogP contribution in [0.3, 0.4) is 0 Å². The van der Waals surface area contributed by atoms with Crippen LogP contribution in [0.4, 0.5) is 5.82 Å². The number of unbranched alkanes of at least 4 members (excludes halogenated alkanes) is 1. The first kappa shape index (κ1) is 13.8. The predicted octanol–water partition coefficient (Wildman–Crippen LogP) is 3.02. The van der Waals surface area contributed by atoms with Crippen LogP contribution in [-0.4, -0.2) is 19.6 Å². The zero-order chi connectivity index (χ0) is 15.0. The van der Waals surface area contributed by atoms with Gasteiger partial charge in [-0.3, -0.25) is 0 Å². The van der Waals surface area contributed by atoms with Crippen LogP contribution in [0.15, 0.2) is 24.3 Å². The Kier molecular flexibility index (Phi) is 3.51. The monoisotopic (exact) mass is 284 g/mol. The first-order valence-corrected chi connectivity index (χ1v) is 7.36. The quantitative estimate of drug-likeness (QED) is 0.772. The number of nitrogens with zero attached hydrogens (tertiary/aromatic N) is 3. The van der Waals surface area contributed by atoms with Crippen molar-refractivity contribution in [1.82, 2.24) is 14.5 Å². The molecule has 0 fully saturated rings. The van der Waals surface area contributed by atoms with Gasteiger partial charge >= 0.3 is 0 Å². The summed E-state index contributed by atoms with van der Waals surface area (Å²) in [6.07, 6.45) is 2.29. The SMILES string of the molecule is CCCCc1nc2c(N)nc3ccccc3c2n1C(C)O. The largest absolute Gasteiger partial charge is 0.382 e. The maximum absolute atomic E-state index is 10.2. The molecule has 0 radical (unpaired) electrons. The third kappa shape index (κ3) is 2.23. The number of imidazole rings is 1. The molecule has 3 aromatic rings. The highest BCUT2D eigenvalue weighted by atomic mass is 16.3. The van der Waals surface area contributed by atoms with Crippen LogP contribution in [0.1, 0.15) is 38.7 Å². The van der Waals surface area contributed by atoms with Crippen molar-refractivity contribution in [1.29, 1.82) is 0 Å². The van der Waals surface area contributed by atoms with E-state index in [2.05, 4.69) is 16.9 Å². The Bertz CT molecular complexity index is 792. The van der Waals surface area contributed by atoms with Crippen LogP contribution >= 0.6 is 0 Å². The molecular weight excluding hydrogens is 264 g/mol. The molecule has 1 unspecified atom stereocenters. The minimum Gasteiger partial charge on any atom is -0.382 e. The summed E-state index contributed by atoms with van der Waals surface area (Å²) in [5.74, 6) is 1.28. The highest BCUT2D eigenvalue weighted by Gasteiger charge is 2.19. The summed E-state index contributed by atoms with van der Waals surface area (Å²) < 4.78 is 1.88. The lowest BCUT2D eigenvalue weighted by molar-refractivity contribution is 0.125. The number of aromatic nitrogens is 3. The summed E-state index contributed by atoms with van der Waals surface area (Å²) >= 11 is 0. The average Bonchev–Trinajstić information content (AvgIpc) is 2.85. The van der Waals surface area contributed by atoms with E-state index in [1.807, 2.05) is 28.8 Å². The molecule has 1 aromatic carbocycles. The molecule has 5 nitrogen and oxygen atoms in total. The summed E-state index contributed by atoms with van der Waals surface area (Å²) in [4.78, 5) is 9.05. The number of aryl methyl sites for hydroxylation is 1. The Hall–Kier alpha value is -2.14. The van der Waals surface area contributed by atoms with Gasteiger partial charge < -0.3 is 15.4 Å². The summed E-state index contributed by atoms with van der Waals surface area (Å²) in [7, 11) is 0. The molecule has 3 rings (SSSR count). The van der Waals surface area contributed by atoms with Gasteiger partial charge in [0.05, 0.1) is 11.0 Å². The number of hydrogen-bond donors (Lipinski definition) is 2. The molecule has 5 heteroatoms. The predicted molar refractivity (Wildman–Crippen MR) is 85.0 cm³/mol. The molecule has 0 saturated carbocycles. The fraction of sp³-hybridized carbons (Fsp3) is 0.375. The molecule has 1 atom stereocenters. The van der Waals surface area contributed by atoms with Gasteiger partial charge in [0.1, 0.15) is 17.6 Å². The number of fused-ring (bicyclic) bond motifs is 3. The molecule has 0 bridgehead atoms. The van der Waals surface area contributed by atoms with Crippen LogP contribution in [0.5, 0.6) is 0 Å². The Morgan fingerprint density at radius 2 is 2.05 bits per heavy atom. The standard InChI is InChI=1S/C16H20N4O/c1-3-4-9-13-19-14-15(20(13)10(2)21)11-7-5-6-8-12(11)18-16(14)17/h5-8,10,21H,3-4,9H2,1-2H3,(H2,17,18). The van der Waals surface area contributed by atoms with E-state index in [-0.39, 0.29) is 0 Å². The Morgan fingerprint density at radius 1 is 1.29 bits per heavy atom. The molecule has 0 saturated heterocycles. The number of rotatable bonds is 4. The van der Waals surface area contributed by atoms with Crippen LogP contribution in [0, 0.1) is 0 Å². The number of benzene rings is 1. The second-order valence-electron chi connectivity index (χ2n) is 5.34. The molecule has 3 N–H and O–H groups in total. The summed E-state index contributed by atoms with van der Waals surface area (Å²) in [5, 5.41) is 11.2. The first-order valence-electron chi connectivity index (χ1n) is 7.36. The van der Waals surface area contributed by atoms with Gasteiger partial charge in [-0.05, 0) is 19.4 Å². The van der Waals surface area contributed by atoms with E-state index >= 15 is 0 Å². The molecule has 0 amide bonds. The van der Waals surface area contributed by atoms with Gasteiger partial charge in [-0.2, -0.15) is 0 Å². The zero-order valence-electron chi connectivity index (χ0n) is 12.4. The van der Waals surface area contributed by atoms with Crippen LogP contribution in [0.2, 0.25) is 0 Å². The maximum atomic E-state index is 10.2. The number of aliphatic hydroxyl groups is 1. The average molecular weight is 284 g/mol. The van der Waals surface area contributed by atoms with Crippen molar-refractivity contribution in [3.05, 3.63) is 30.1 Å². The van der Waals surface area contributed by atoms with E-state index < -0.39 is 6.23 Å². The molecule has 0 aliphatic carbocycles. The highest BCUT2D eigenvalue weighted by molar-refractivity contribution is 6.06. The lowest BCUT2D eigenvalue weighted by Crippen LogP contribution is -2.09. The zero-order valence-corrected chi connectivity index (χ0v) is 12.4. The van der Waals surface area contributed by atoms with Crippen LogP contribution in [-0.2, 0) is 6.42 Å². The molecule has 2 heterocycles. The topological polar surface area (TPSA) is 77.0 Å². The minimum atomic E-state index is -0.646. The van der Waals surface area contributed by atoms with E-state index in [0.29, 0.717) is 11.3 Å².